The molecule has 11 heteroatoms. The molecular formula is C8H6F3N5O3. The average Bonchev–Trinajstić information content (AvgIpc) is 2.84. The van der Waals surface area contributed by atoms with Crippen molar-refractivity contribution in [3.63, 3.8) is 0 Å². The Balaban J connectivity index is 2.43. The summed E-state index contributed by atoms with van der Waals surface area (Å²) < 4.78 is 43.6. The lowest BCUT2D eigenvalue weighted by Gasteiger charge is -2.08. The van der Waals surface area contributed by atoms with E-state index in [-0.39, 0.29) is 11.8 Å². The van der Waals surface area contributed by atoms with Crippen molar-refractivity contribution in [3.8, 4) is 0 Å². The monoisotopic (exact) mass is 277 g/mol. The van der Waals surface area contributed by atoms with Gasteiger partial charge in [-0.2, -0.15) is 13.2 Å². The van der Waals surface area contributed by atoms with Crippen LogP contribution in [0.25, 0.3) is 0 Å². The van der Waals surface area contributed by atoms with Crippen LogP contribution >= 0.6 is 0 Å². The number of aromatic nitrogens is 5. The molecule has 2 aromatic heterocycles. The molecule has 19 heavy (non-hydrogen) atoms. The molecule has 0 aliphatic heterocycles. The summed E-state index contributed by atoms with van der Waals surface area (Å²) in [5, 5.41) is 21.7. The lowest BCUT2D eigenvalue weighted by molar-refractivity contribution is -0.144. The number of aryl methyl sites for hydroxylation is 1. The first-order valence-electron chi connectivity index (χ1n) is 4.82. The van der Waals surface area contributed by atoms with Crippen LogP contribution in [0.2, 0.25) is 0 Å². The maximum atomic E-state index is 12.8. The van der Waals surface area contributed by atoms with Crippen molar-refractivity contribution in [2.45, 2.75) is 19.6 Å². The number of nitrogens with zero attached hydrogens (tertiary/aromatic N) is 5. The molecule has 0 amide bonds. The molecule has 2 heterocycles. The molecule has 1 N–H and O–H groups in total. The SMILES string of the molecule is Cc1nnc(Cn2nnc(C(=O)O)c2C(F)(F)F)o1. The maximum Gasteiger partial charge on any atom is 0.435 e. The van der Waals surface area contributed by atoms with Crippen LogP contribution in [0.1, 0.15) is 28.0 Å². The predicted molar refractivity (Wildman–Crippen MR) is 50.1 cm³/mol. The molecule has 0 aromatic carbocycles. The van der Waals surface area contributed by atoms with Gasteiger partial charge in [-0.05, 0) is 0 Å². The second-order valence-electron chi connectivity index (χ2n) is 3.46. The Hall–Kier alpha value is -2.46. The molecule has 0 atom stereocenters. The Morgan fingerprint density at radius 2 is 2.05 bits per heavy atom. The minimum atomic E-state index is -4.91. The van der Waals surface area contributed by atoms with E-state index in [4.69, 9.17) is 9.52 Å². The Labute approximate surface area is 102 Å². The first kappa shape index (κ1) is 13.0. The van der Waals surface area contributed by atoms with Crippen LogP contribution in [0.3, 0.4) is 0 Å². The molecule has 0 saturated heterocycles. The lowest BCUT2D eigenvalue weighted by atomic mass is 10.3. The normalized spacial score (nSPS) is 11.8. The largest absolute Gasteiger partial charge is 0.476 e. The number of hydrogen-bond donors (Lipinski definition) is 1. The van der Waals surface area contributed by atoms with E-state index in [1.807, 2.05) is 0 Å². The fourth-order valence-electron chi connectivity index (χ4n) is 1.38. The molecule has 0 spiro atoms. The minimum Gasteiger partial charge on any atom is -0.476 e. The third-order valence-corrected chi connectivity index (χ3v) is 2.06. The fourth-order valence-corrected chi connectivity index (χ4v) is 1.38. The average molecular weight is 277 g/mol. The number of aromatic carboxylic acids is 1. The summed E-state index contributed by atoms with van der Waals surface area (Å²) in [5.74, 6) is -1.78. The second kappa shape index (κ2) is 4.33. The number of halogens is 3. The molecule has 2 rings (SSSR count). The topological polar surface area (TPSA) is 107 Å². The third kappa shape index (κ3) is 2.53. The van der Waals surface area contributed by atoms with Crippen LogP contribution in [0.15, 0.2) is 4.42 Å². The Morgan fingerprint density at radius 1 is 1.37 bits per heavy atom. The molecular weight excluding hydrogens is 271 g/mol. The third-order valence-electron chi connectivity index (χ3n) is 2.06. The highest BCUT2D eigenvalue weighted by Gasteiger charge is 2.41. The van der Waals surface area contributed by atoms with Gasteiger partial charge in [0.05, 0.1) is 0 Å². The van der Waals surface area contributed by atoms with E-state index < -0.39 is 30.1 Å². The molecule has 102 valence electrons. The number of carboxylic acid groups (broad SMARTS) is 1. The van der Waals surface area contributed by atoms with Crippen LogP contribution in [0.4, 0.5) is 13.2 Å². The molecule has 0 radical (unpaired) electrons. The maximum absolute atomic E-state index is 12.8. The van der Waals surface area contributed by atoms with Crippen LogP contribution < -0.4 is 0 Å². The summed E-state index contributed by atoms with van der Waals surface area (Å²) in [7, 11) is 0. The number of carboxylic acids is 1. The summed E-state index contributed by atoms with van der Waals surface area (Å²) in [6.45, 7) is 0.946. The van der Waals surface area contributed by atoms with Gasteiger partial charge >= 0.3 is 12.1 Å². The van der Waals surface area contributed by atoms with E-state index in [0.717, 1.165) is 0 Å². The van der Waals surface area contributed by atoms with Crippen molar-refractivity contribution < 1.29 is 27.5 Å². The number of alkyl halides is 3. The molecule has 0 aliphatic carbocycles. The summed E-state index contributed by atoms with van der Waals surface area (Å²) in [6, 6.07) is 0. The second-order valence-corrected chi connectivity index (χ2v) is 3.46. The molecule has 8 nitrogen and oxygen atoms in total. The lowest BCUT2D eigenvalue weighted by Crippen LogP contribution is -2.19. The van der Waals surface area contributed by atoms with E-state index in [9.17, 15) is 18.0 Å². The van der Waals surface area contributed by atoms with Crippen molar-refractivity contribution in [3.05, 3.63) is 23.2 Å². The van der Waals surface area contributed by atoms with E-state index in [1.165, 1.54) is 6.92 Å². The summed E-state index contributed by atoms with van der Waals surface area (Å²) >= 11 is 0. The van der Waals surface area contributed by atoms with Gasteiger partial charge in [0.25, 0.3) is 0 Å². The zero-order valence-corrected chi connectivity index (χ0v) is 9.34. The van der Waals surface area contributed by atoms with Crippen molar-refractivity contribution in [2.24, 2.45) is 0 Å². The summed E-state index contributed by atoms with van der Waals surface area (Å²) in [5.41, 5.74) is -2.65. The summed E-state index contributed by atoms with van der Waals surface area (Å²) in [4.78, 5) is 10.7. The van der Waals surface area contributed by atoms with Crippen molar-refractivity contribution >= 4 is 5.97 Å². The van der Waals surface area contributed by atoms with Gasteiger partial charge < -0.3 is 9.52 Å². The van der Waals surface area contributed by atoms with Crippen LogP contribution in [-0.2, 0) is 12.7 Å². The zero-order chi connectivity index (χ0) is 14.2. The van der Waals surface area contributed by atoms with Crippen molar-refractivity contribution in [2.75, 3.05) is 0 Å². The van der Waals surface area contributed by atoms with Gasteiger partial charge in [0.1, 0.15) is 6.54 Å². The van der Waals surface area contributed by atoms with E-state index in [2.05, 4.69) is 20.5 Å². The van der Waals surface area contributed by atoms with Crippen molar-refractivity contribution in [1.82, 2.24) is 25.2 Å². The minimum absolute atomic E-state index is 0.134. The Morgan fingerprint density at radius 3 is 2.53 bits per heavy atom. The van der Waals surface area contributed by atoms with E-state index >= 15 is 0 Å². The van der Waals surface area contributed by atoms with Gasteiger partial charge in [-0.1, -0.05) is 5.21 Å². The van der Waals surface area contributed by atoms with E-state index in [0.29, 0.717) is 4.68 Å². The van der Waals surface area contributed by atoms with Crippen molar-refractivity contribution in [1.29, 1.82) is 0 Å². The van der Waals surface area contributed by atoms with Gasteiger partial charge in [-0.3, -0.25) is 0 Å². The fraction of sp³-hybridized carbons (Fsp3) is 0.375. The van der Waals surface area contributed by atoms with Gasteiger partial charge in [0.2, 0.25) is 17.5 Å². The van der Waals surface area contributed by atoms with E-state index in [1.54, 1.807) is 0 Å². The van der Waals surface area contributed by atoms with Gasteiger partial charge in [-0.25, -0.2) is 9.48 Å². The highest BCUT2D eigenvalue weighted by molar-refractivity contribution is 5.86. The predicted octanol–water partition coefficient (Wildman–Crippen LogP) is 0.735. The standard InChI is InChI=1S/C8H6F3N5O3/c1-3-12-13-4(19-3)2-16-6(8(9,10)11)5(7(17)18)14-15-16/h2H2,1H3,(H,17,18). The number of carbonyl (C=O) groups is 1. The van der Waals surface area contributed by atoms with Crippen LogP contribution in [0.5, 0.6) is 0 Å². The number of rotatable bonds is 3. The highest BCUT2D eigenvalue weighted by atomic mass is 19.4. The quantitative estimate of drug-likeness (QED) is 0.881. The van der Waals surface area contributed by atoms with Crippen LogP contribution in [-0.4, -0.2) is 36.3 Å². The first-order valence-corrected chi connectivity index (χ1v) is 4.82. The highest BCUT2D eigenvalue weighted by Crippen LogP contribution is 2.31. The first-order chi connectivity index (χ1) is 8.79. The smallest absolute Gasteiger partial charge is 0.435 e. The molecule has 0 bridgehead atoms. The molecule has 0 saturated carbocycles. The summed E-state index contributed by atoms with van der Waals surface area (Å²) in [6.07, 6.45) is -4.91. The molecule has 0 aliphatic rings. The van der Waals surface area contributed by atoms with Gasteiger partial charge in [0.15, 0.2) is 5.69 Å². The molecule has 0 fully saturated rings. The van der Waals surface area contributed by atoms with Crippen LogP contribution in [0, 0.1) is 6.92 Å². The number of hydrogen-bond acceptors (Lipinski definition) is 6. The Kier molecular flexibility index (Phi) is 2.96. The van der Waals surface area contributed by atoms with Gasteiger partial charge in [0, 0.05) is 6.92 Å². The zero-order valence-electron chi connectivity index (χ0n) is 9.34. The Bertz CT molecular complexity index is 617. The molecule has 2 aromatic rings. The van der Waals surface area contributed by atoms with Gasteiger partial charge in [-0.15, -0.1) is 15.3 Å². The molecule has 0 unspecified atom stereocenters.